The fraction of sp³-hybridized carbons (Fsp3) is 0.200. The van der Waals surface area contributed by atoms with Crippen LogP contribution in [0.25, 0.3) is 0 Å². The van der Waals surface area contributed by atoms with Crippen LogP contribution in [0.15, 0.2) is 96.2 Å². The van der Waals surface area contributed by atoms with Crippen molar-refractivity contribution in [2.45, 2.75) is 38.8 Å². The molecule has 0 bridgehead atoms. The SMILES string of the molecule is C[Si]C.Cc1ccc2c(c1)[C-]=C1C=CC=CC12.Cc1ccc2c(c1)[C-]=C1C=CC=CC12.[Hf]. The molecular weight excluding hydrogens is 567 g/mol. The van der Waals surface area contributed by atoms with Crippen molar-refractivity contribution in [3.63, 3.8) is 0 Å². The van der Waals surface area contributed by atoms with Crippen molar-refractivity contribution in [2.24, 2.45) is 0 Å². The molecule has 0 saturated heterocycles. The normalized spacial score (nSPS) is 19.6. The number of aryl methyl sites for hydroxylation is 2. The van der Waals surface area contributed by atoms with E-state index >= 15 is 0 Å². The summed E-state index contributed by atoms with van der Waals surface area (Å²) in [5.74, 6) is 0.909. The number of allylic oxidation sites excluding steroid dienone is 10. The van der Waals surface area contributed by atoms with E-state index < -0.39 is 0 Å². The van der Waals surface area contributed by atoms with E-state index in [9.17, 15) is 0 Å². The molecule has 0 aliphatic heterocycles. The van der Waals surface area contributed by atoms with Crippen LogP contribution in [0, 0.1) is 26.0 Å². The Labute approximate surface area is 214 Å². The second-order valence-electron chi connectivity index (χ2n) is 8.29. The molecule has 4 aliphatic carbocycles. The summed E-state index contributed by atoms with van der Waals surface area (Å²) in [6.45, 7) is 8.56. The molecule has 2 aromatic carbocycles. The Morgan fingerprint density at radius 3 is 1.47 bits per heavy atom. The molecule has 0 N–H and O–H groups in total. The second kappa shape index (κ2) is 11.2. The molecule has 4 aliphatic rings. The summed E-state index contributed by atoms with van der Waals surface area (Å²) in [7, 11) is 1.08. The summed E-state index contributed by atoms with van der Waals surface area (Å²) in [4.78, 5) is 0. The van der Waals surface area contributed by atoms with Gasteiger partial charge in [-0.15, -0.1) is 94.1 Å². The van der Waals surface area contributed by atoms with Gasteiger partial charge < -0.3 is 0 Å². The smallest absolute Gasteiger partial charge is 0.0307 e. The van der Waals surface area contributed by atoms with Crippen molar-refractivity contribution >= 4 is 9.52 Å². The van der Waals surface area contributed by atoms with E-state index in [0.717, 1.165) is 9.52 Å². The molecule has 0 aromatic heterocycles. The van der Waals surface area contributed by atoms with Gasteiger partial charge in [0, 0.05) is 35.4 Å². The Hall–Kier alpha value is -2.03. The summed E-state index contributed by atoms with van der Waals surface area (Å²) in [6.07, 6.45) is 24.1. The number of fused-ring (bicyclic) bond motifs is 6. The van der Waals surface area contributed by atoms with Gasteiger partial charge in [-0.3, -0.25) is 0 Å². The summed E-state index contributed by atoms with van der Waals surface area (Å²) < 4.78 is 0. The van der Waals surface area contributed by atoms with Crippen LogP contribution in [-0.2, 0) is 25.8 Å². The molecule has 6 rings (SSSR count). The topological polar surface area (TPSA) is 0 Å². The van der Waals surface area contributed by atoms with Crippen LogP contribution in [0.4, 0.5) is 0 Å². The summed E-state index contributed by atoms with van der Waals surface area (Å²) in [5, 5.41) is 0. The zero-order chi connectivity index (χ0) is 21.8. The summed E-state index contributed by atoms with van der Waals surface area (Å²) in [6, 6.07) is 13.2. The summed E-state index contributed by atoms with van der Waals surface area (Å²) >= 11 is 0. The van der Waals surface area contributed by atoms with Crippen molar-refractivity contribution in [1.82, 2.24) is 0 Å². The summed E-state index contributed by atoms with van der Waals surface area (Å²) in [5.41, 5.74) is 10.5. The van der Waals surface area contributed by atoms with Gasteiger partial charge in [-0.25, -0.2) is 0 Å². The van der Waals surface area contributed by atoms with E-state index in [1.807, 2.05) is 0 Å². The molecule has 0 amide bonds. The molecule has 2 radical (unpaired) electrons. The van der Waals surface area contributed by atoms with Crippen LogP contribution < -0.4 is 0 Å². The van der Waals surface area contributed by atoms with Crippen molar-refractivity contribution in [2.75, 3.05) is 0 Å². The van der Waals surface area contributed by atoms with Gasteiger partial charge in [0.25, 0.3) is 0 Å². The maximum absolute atomic E-state index is 3.46. The first-order valence-electron chi connectivity index (χ1n) is 10.9. The van der Waals surface area contributed by atoms with Crippen LogP contribution in [-0.4, -0.2) is 9.52 Å². The molecule has 0 spiro atoms. The van der Waals surface area contributed by atoms with Gasteiger partial charge in [-0.1, -0.05) is 60.7 Å². The zero-order valence-corrected chi connectivity index (χ0v) is 23.8. The predicted molar refractivity (Wildman–Crippen MR) is 134 cm³/mol. The molecular formula is C30H28HfSi-2. The van der Waals surface area contributed by atoms with Crippen LogP contribution >= 0.6 is 0 Å². The maximum atomic E-state index is 3.46. The molecule has 2 atom stereocenters. The monoisotopic (exact) mass is 596 g/mol. The standard InChI is InChI=1S/2C14H11.C2H6Si.Hf/c2*1-10-6-7-14-12(8-10)9-11-4-2-3-5-13(11)14;1-3-2;/h2*2-8,13H,1H3;1-2H3;/q2*-1;;. The Kier molecular flexibility index (Phi) is 8.62. The molecule has 0 heterocycles. The van der Waals surface area contributed by atoms with Gasteiger partial charge in [0.15, 0.2) is 0 Å². The van der Waals surface area contributed by atoms with Crippen LogP contribution in [0.3, 0.4) is 0 Å². The Morgan fingerprint density at radius 2 is 1.06 bits per heavy atom. The Balaban J connectivity index is 0.000000157. The Morgan fingerprint density at radius 1 is 0.656 bits per heavy atom. The average Bonchev–Trinajstić information content (AvgIpc) is 3.31. The van der Waals surface area contributed by atoms with E-state index in [1.165, 1.54) is 44.5 Å². The van der Waals surface area contributed by atoms with Crippen LogP contribution in [0.5, 0.6) is 0 Å². The third-order valence-corrected chi connectivity index (χ3v) is 5.70. The zero-order valence-electron chi connectivity index (χ0n) is 19.2. The molecule has 32 heavy (non-hydrogen) atoms. The molecule has 2 unspecified atom stereocenters. The first-order valence-corrected chi connectivity index (χ1v) is 12.9. The third kappa shape index (κ3) is 5.30. The predicted octanol–water partition coefficient (Wildman–Crippen LogP) is 7.38. The minimum atomic E-state index is 0. The first kappa shape index (κ1) is 24.6. The van der Waals surface area contributed by atoms with Gasteiger partial charge in [0.1, 0.15) is 0 Å². The number of hydrogen-bond acceptors (Lipinski definition) is 0. The number of benzene rings is 2. The fourth-order valence-corrected chi connectivity index (χ4v) is 4.28. The Bertz CT molecular complexity index is 1070. The van der Waals surface area contributed by atoms with Gasteiger partial charge in [0.05, 0.1) is 0 Å². The minimum absolute atomic E-state index is 0. The van der Waals surface area contributed by atoms with E-state index in [1.54, 1.807) is 0 Å². The molecule has 2 aromatic rings. The quantitative estimate of drug-likeness (QED) is 0.221. The van der Waals surface area contributed by atoms with Crippen molar-refractivity contribution in [1.29, 1.82) is 0 Å². The number of rotatable bonds is 0. The van der Waals surface area contributed by atoms with Crippen LogP contribution in [0.2, 0.25) is 13.1 Å². The molecule has 2 heteroatoms. The largest absolute Gasteiger partial charge is 0.145 e. The first-order chi connectivity index (χ1) is 15.1. The fourth-order valence-electron chi connectivity index (χ4n) is 4.28. The minimum Gasteiger partial charge on any atom is -0.145 e. The molecule has 0 saturated carbocycles. The molecule has 0 fully saturated rings. The maximum Gasteiger partial charge on any atom is 0.0307 e. The molecule has 0 nitrogen and oxygen atoms in total. The van der Waals surface area contributed by atoms with E-state index in [0.29, 0.717) is 11.8 Å². The third-order valence-electron chi connectivity index (χ3n) is 5.70. The van der Waals surface area contributed by atoms with Crippen molar-refractivity contribution < 1.29 is 25.8 Å². The molecule has 158 valence electrons. The van der Waals surface area contributed by atoms with Gasteiger partial charge in [0.2, 0.25) is 0 Å². The van der Waals surface area contributed by atoms with Gasteiger partial charge in [-0.2, -0.15) is 0 Å². The second-order valence-corrected chi connectivity index (χ2v) is 9.29. The van der Waals surface area contributed by atoms with Crippen molar-refractivity contribution in [3.8, 4) is 0 Å². The average molecular weight is 595 g/mol. The van der Waals surface area contributed by atoms with E-state index in [-0.39, 0.29) is 25.8 Å². The van der Waals surface area contributed by atoms with Crippen LogP contribution in [0.1, 0.15) is 45.2 Å². The van der Waals surface area contributed by atoms with E-state index in [4.69, 9.17) is 0 Å². The number of hydrogen-bond donors (Lipinski definition) is 0. The van der Waals surface area contributed by atoms with Crippen molar-refractivity contribution in [3.05, 3.63) is 142 Å². The van der Waals surface area contributed by atoms with Gasteiger partial charge in [-0.05, 0) is 25.7 Å². The van der Waals surface area contributed by atoms with E-state index in [2.05, 4.69) is 124 Å². The van der Waals surface area contributed by atoms with Gasteiger partial charge >= 0.3 is 0 Å².